The van der Waals surface area contributed by atoms with E-state index in [1.54, 1.807) is 42.6 Å². The highest BCUT2D eigenvalue weighted by atomic mass is 127. The monoisotopic (exact) mass is 703 g/mol. The van der Waals surface area contributed by atoms with E-state index in [1.807, 2.05) is 34.2 Å². The van der Waals surface area contributed by atoms with Gasteiger partial charge in [-0.25, -0.2) is 8.42 Å². The average molecular weight is 704 g/mol. The number of rotatable bonds is 10. The third kappa shape index (κ3) is 5.23. The van der Waals surface area contributed by atoms with Gasteiger partial charge in [0.25, 0.3) is 5.91 Å². The molecule has 0 bridgehead atoms. The molecule has 1 saturated carbocycles. The highest BCUT2D eigenvalue weighted by Gasteiger charge is 2.61. The van der Waals surface area contributed by atoms with Crippen LogP contribution in [0.15, 0.2) is 29.4 Å². The predicted octanol–water partition coefficient (Wildman–Crippen LogP) is 4.49. The fourth-order valence-electron chi connectivity index (χ4n) is 5.27. The molecule has 0 spiro atoms. The molecule has 0 saturated heterocycles. The van der Waals surface area contributed by atoms with Crippen LogP contribution in [0.2, 0.25) is 0 Å². The second-order valence-corrected chi connectivity index (χ2v) is 18.6. The van der Waals surface area contributed by atoms with Gasteiger partial charge in [0, 0.05) is 49.2 Å². The normalized spacial score (nSPS) is 21.5. The number of amides is 1. The van der Waals surface area contributed by atoms with E-state index in [1.165, 1.54) is 0 Å². The Hall–Kier alpha value is -1.72. The van der Waals surface area contributed by atoms with Crippen LogP contribution in [0.25, 0.3) is 0 Å². The van der Waals surface area contributed by atoms with Gasteiger partial charge >= 0.3 is 0 Å². The van der Waals surface area contributed by atoms with Crippen molar-refractivity contribution in [1.29, 1.82) is 6.54 Å². The molecule has 1 aromatic heterocycles. The fraction of sp³-hybridized carbons (Fsp3) is 0.520. The zero-order valence-corrected chi connectivity index (χ0v) is 26.4. The van der Waals surface area contributed by atoms with Crippen LogP contribution in [0.5, 0.6) is 0 Å². The quantitative estimate of drug-likeness (QED) is 0.201. The highest BCUT2D eigenvalue weighted by Crippen LogP contribution is 2.50. The number of oxime groups is 1. The Kier molecular flexibility index (Phi) is 7.69. The van der Waals surface area contributed by atoms with Crippen LogP contribution in [-0.2, 0) is 32.3 Å². The van der Waals surface area contributed by atoms with Crippen LogP contribution in [0, 0.1) is 11.3 Å². The zero-order chi connectivity index (χ0) is 28.9. The van der Waals surface area contributed by atoms with Gasteiger partial charge in [-0.15, -0.1) is 0 Å². The average Bonchev–Trinajstić information content (AvgIpc) is 3.40. The van der Waals surface area contributed by atoms with E-state index in [9.17, 15) is 13.2 Å². The van der Waals surface area contributed by atoms with Crippen molar-refractivity contribution in [3.05, 3.63) is 52.3 Å². The smallest absolute Gasteiger partial charge is 0.272 e. The first kappa shape index (κ1) is 27.4. The molecule has 208 valence electrons. The van der Waals surface area contributed by atoms with Crippen molar-refractivity contribution in [3.8, 4) is 6.07 Å². The van der Waals surface area contributed by atoms with Gasteiger partial charge in [-0.3, -0.25) is 9.48 Å². The third-order valence-corrected chi connectivity index (χ3v) is 13.2. The lowest BCUT2D eigenvalue weighted by molar-refractivity contribution is 0.0724. The summed E-state index contributed by atoms with van der Waals surface area (Å²) < 4.78 is 40.0. The molecule has 0 N–H and O–H groups in total. The standard InChI is InChI=1S/C25H29IN5O5PS2/c1-24(2,15-35-38-37-26)39(33,34)25(9-10-25)14-31-11-8-18-21(28-30(3)22(18)23(31)32)19-12-20(36-29-19)17-6-4-16(13-27)5-7-17/h4-7,20,37H,8-12,14-15H2,1-3H3/i37T. The van der Waals surface area contributed by atoms with Crippen LogP contribution >= 0.6 is 39.1 Å². The summed E-state index contributed by atoms with van der Waals surface area (Å²) in [5.74, 6) is -0.235. The molecule has 5 rings (SSSR count). The first-order valence-electron chi connectivity index (χ1n) is 12.9. The number of aromatic nitrogens is 2. The zero-order valence-electron chi connectivity index (χ0n) is 22.8. The second-order valence-electron chi connectivity index (χ2n) is 10.7. The summed E-state index contributed by atoms with van der Waals surface area (Å²) in [6.45, 7) is 3.81. The number of aryl methyl sites for hydroxylation is 1. The van der Waals surface area contributed by atoms with Crippen LogP contribution < -0.4 is 0 Å². The Morgan fingerprint density at radius 1 is 1.38 bits per heavy atom. The molecule has 2 unspecified atom stereocenters. The topological polar surface area (TPSA) is 127 Å². The van der Waals surface area contributed by atoms with Crippen molar-refractivity contribution in [3.63, 3.8) is 0 Å². The number of hydrogen-bond acceptors (Lipinski definition) is 9. The van der Waals surface area contributed by atoms with E-state index < -0.39 is 24.7 Å². The van der Waals surface area contributed by atoms with Crippen LogP contribution in [-0.4, -0.2) is 65.2 Å². The van der Waals surface area contributed by atoms with Gasteiger partial charge in [0.2, 0.25) is 0 Å². The molecule has 3 aliphatic rings. The van der Waals surface area contributed by atoms with Crippen LogP contribution in [0.4, 0.5) is 0 Å². The lowest BCUT2D eigenvalue weighted by Gasteiger charge is -2.35. The van der Waals surface area contributed by atoms with Gasteiger partial charge in [-0.05, 0) is 72.8 Å². The summed E-state index contributed by atoms with van der Waals surface area (Å²) >= 11 is 2.95. The van der Waals surface area contributed by atoms with Crippen molar-refractivity contribution >= 4 is 60.5 Å². The summed E-state index contributed by atoms with van der Waals surface area (Å²) in [6.07, 6.45) is 1.73. The van der Waals surface area contributed by atoms with Gasteiger partial charge < -0.3 is 13.9 Å². The maximum atomic E-state index is 13.7. The number of sulfone groups is 1. The number of carbonyl (C=O) groups excluding carboxylic acids is 1. The number of hydrogen-bond donors (Lipinski definition) is 0. The first-order chi connectivity index (χ1) is 18.9. The number of benzene rings is 1. The molecule has 2 aromatic rings. The maximum absolute atomic E-state index is 13.7. The second kappa shape index (κ2) is 10.9. The summed E-state index contributed by atoms with van der Waals surface area (Å²) in [4.78, 5) is 21.0. The van der Waals surface area contributed by atoms with E-state index in [0.717, 1.165) is 22.8 Å². The molecule has 3 heterocycles. The van der Waals surface area contributed by atoms with E-state index in [0.29, 0.717) is 54.9 Å². The summed E-state index contributed by atoms with van der Waals surface area (Å²) in [5, 5.41) is 16.8. The van der Waals surface area contributed by atoms with Gasteiger partial charge in [0.15, 0.2) is 15.9 Å². The summed E-state index contributed by atoms with van der Waals surface area (Å²) in [6, 6.07) is 9.28. The molecule has 2 atom stereocenters. The number of nitriles is 1. The molecular formula is C25H29IN5O5PS2. The Labute approximate surface area is 248 Å². The minimum Gasteiger partial charge on any atom is -0.387 e. The number of nitrogens with zero attached hydrogens (tertiary/aromatic N) is 5. The minimum atomic E-state index is -3.64. The number of halogens is 1. The molecule has 0 radical (unpaired) electrons. The SMILES string of the molecule is [3H]P(I)SOCC(C)(C)S(=O)(=O)C1(CN2CCc3c(C4=NOC(c5ccc(C#N)cc5)C4)nn(C)c3C2=O)CC1. The largest absolute Gasteiger partial charge is 0.387 e. The molecule has 1 fully saturated rings. The van der Waals surface area contributed by atoms with Crippen LogP contribution in [0.1, 0.15) is 72.1 Å². The van der Waals surface area contributed by atoms with Crippen molar-refractivity contribution < 1.29 is 22.2 Å². The van der Waals surface area contributed by atoms with Crippen LogP contribution in [0.3, 0.4) is 0 Å². The molecule has 10 nitrogen and oxygen atoms in total. The first-order valence-corrected chi connectivity index (χ1v) is 19.0. The summed E-state index contributed by atoms with van der Waals surface area (Å²) in [5.41, 5.74) is 4.02. The van der Waals surface area contributed by atoms with Crippen molar-refractivity contribution in [2.45, 2.75) is 55.1 Å². The third-order valence-electron chi connectivity index (χ3n) is 7.69. The van der Waals surface area contributed by atoms with Gasteiger partial charge in [0.1, 0.15) is 17.1 Å². The summed E-state index contributed by atoms with van der Waals surface area (Å²) in [7, 11) is -1.93. The van der Waals surface area contributed by atoms with Gasteiger partial charge in [-0.2, -0.15) is 10.4 Å². The van der Waals surface area contributed by atoms with Gasteiger partial charge in [-0.1, -0.05) is 17.3 Å². The number of fused-ring (bicyclic) bond motifs is 1. The van der Waals surface area contributed by atoms with Crippen molar-refractivity contribution in [1.82, 2.24) is 14.7 Å². The lowest BCUT2D eigenvalue weighted by atomic mass is 9.97. The maximum Gasteiger partial charge on any atom is 0.272 e. The molecule has 1 amide bonds. The Morgan fingerprint density at radius 3 is 2.74 bits per heavy atom. The van der Waals surface area contributed by atoms with Gasteiger partial charge in [0.05, 0.1) is 29.0 Å². The minimum absolute atomic E-state index is 0.0146. The predicted molar refractivity (Wildman–Crippen MR) is 160 cm³/mol. The Bertz CT molecular complexity index is 1500. The van der Waals surface area contributed by atoms with E-state index in [-0.39, 0.29) is 25.2 Å². The molecule has 39 heavy (non-hydrogen) atoms. The van der Waals surface area contributed by atoms with Crippen molar-refractivity contribution in [2.24, 2.45) is 12.2 Å². The van der Waals surface area contributed by atoms with E-state index >= 15 is 0 Å². The Morgan fingerprint density at radius 2 is 2.10 bits per heavy atom. The van der Waals surface area contributed by atoms with E-state index in [2.05, 4.69) is 16.3 Å². The van der Waals surface area contributed by atoms with E-state index in [4.69, 9.17) is 15.6 Å². The Balaban J connectivity index is 1.30. The molecule has 1 aromatic carbocycles. The molecule has 1 aliphatic carbocycles. The molecule has 14 heteroatoms. The van der Waals surface area contributed by atoms with Crippen molar-refractivity contribution in [2.75, 3.05) is 19.7 Å². The molecule has 2 aliphatic heterocycles. The molecular weight excluding hydrogens is 672 g/mol. The fourth-order valence-corrected chi connectivity index (χ4v) is 9.39. The number of carbonyl (C=O) groups is 1. The highest BCUT2D eigenvalue weighted by molar-refractivity contribution is 14.2. The lowest BCUT2D eigenvalue weighted by Crippen LogP contribution is -2.51.